The van der Waals surface area contributed by atoms with E-state index in [1.54, 1.807) is 0 Å². The van der Waals surface area contributed by atoms with E-state index in [-0.39, 0.29) is 18.7 Å². The molecule has 0 aliphatic carbocycles. The molecule has 22 heavy (non-hydrogen) atoms. The minimum absolute atomic E-state index is 0.116. The third-order valence-corrected chi connectivity index (χ3v) is 3.37. The van der Waals surface area contributed by atoms with Gasteiger partial charge in [0.2, 0.25) is 17.7 Å². The molecule has 1 amide bonds. The van der Waals surface area contributed by atoms with Crippen molar-refractivity contribution in [3.63, 3.8) is 0 Å². The van der Waals surface area contributed by atoms with Gasteiger partial charge in [-0.15, -0.1) is 10.2 Å². The molecule has 0 saturated carbocycles. The van der Waals surface area contributed by atoms with Crippen molar-refractivity contribution in [3.8, 4) is 11.5 Å². The Morgan fingerprint density at radius 3 is 2.59 bits per heavy atom. The largest absolute Gasteiger partial charge is 0.480 e. The first kappa shape index (κ1) is 15.7. The Hall–Kier alpha value is -2.70. The Labute approximate surface area is 127 Å². The number of carbonyl (C=O) groups is 2. The summed E-state index contributed by atoms with van der Waals surface area (Å²) >= 11 is 0. The average molecular weight is 303 g/mol. The van der Waals surface area contributed by atoms with Crippen molar-refractivity contribution in [1.29, 1.82) is 0 Å². The number of carboxylic acids is 1. The number of aryl methyl sites for hydroxylation is 1. The maximum atomic E-state index is 11.9. The molecule has 0 aliphatic rings. The van der Waals surface area contributed by atoms with E-state index >= 15 is 0 Å². The fourth-order valence-electron chi connectivity index (χ4n) is 1.82. The number of aromatic nitrogens is 2. The van der Waals surface area contributed by atoms with Crippen molar-refractivity contribution in [2.75, 3.05) is 7.05 Å². The summed E-state index contributed by atoms with van der Waals surface area (Å²) < 4.78 is 5.50. The molecular formula is C15H17N3O4. The monoisotopic (exact) mass is 303 g/mol. The SMILES string of the molecule is CC(C(=O)O)N(C)C(=O)CCc1nnc(-c2ccccc2)o1. The van der Waals surface area contributed by atoms with Gasteiger partial charge in [0.25, 0.3) is 0 Å². The molecule has 1 aromatic heterocycles. The van der Waals surface area contributed by atoms with Gasteiger partial charge >= 0.3 is 5.97 Å². The number of hydrogen-bond acceptors (Lipinski definition) is 5. The molecule has 0 radical (unpaired) electrons. The van der Waals surface area contributed by atoms with Crippen LogP contribution < -0.4 is 0 Å². The van der Waals surface area contributed by atoms with Crippen molar-refractivity contribution in [1.82, 2.24) is 15.1 Å². The first-order valence-electron chi connectivity index (χ1n) is 6.85. The van der Waals surface area contributed by atoms with Crippen molar-refractivity contribution in [2.45, 2.75) is 25.8 Å². The number of carboxylic acid groups (broad SMARTS) is 1. The van der Waals surface area contributed by atoms with Crippen molar-refractivity contribution in [3.05, 3.63) is 36.2 Å². The van der Waals surface area contributed by atoms with Crippen LogP contribution in [-0.4, -0.2) is 45.2 Å². The van der Waals surface area contributed by atoms with Crippen molar-refractivity contribution < 1.29 is 19.1 Å². The molecule has 1 heterocycles. The first-order chi connectivity index (χ1) is 10.5. The molecule has 0 aliphatic heterocycles. The van der Waals surface area contributed by atoms with Gasteiger partial charge in [-0.25, -0.2) is 4.79 Å². The quantitative estimate of drug-likeness (QED) is 0.870. The Kier molecular flexibility index (Phi) is 4.88. The van der Waals surface area contributed by atoms with E-state index in [2.05, 4.69) is 10.2 Å². The molecule has 2 aromatic rings. The Morgan fingerprint density at radius 2 is 1.95 bits per heavy atom. The Morgan fingerprint density at radius 1 is 1.27 bits per heavy atom. The van der Waals surface area contributed by atoms with Crippen molar-refractivity contribution in [2.24, 2.45) is 0 Å². The van der Waals surface area contributed by atoms with Gasteiger partial charge < -0.3 is 14.4 Å². The molecule has 0 saturated heterocycles. The molecule has 7 nitrogen and oxygen atoms in total. The standard InChI is InChI=1S/C15H17N3O4/c1-10(15(20)21)18(2)13(19)9-8-12-16-17-14(22-12)11-6-4-3-5-7-11/h3-7,10H,8-9H2,1-2H3,(H,20,21). The fourth-order valence-corrected chi connectivity index (χ4v) is 1.82. The first-order valence-corrected chi connectivity index (χ1v) is 6.85. The Balaban J connectivity index is 1.94. The zero-order valence-electron chi connectivity index (χ0n) is 12.4. The highest BCUT2D eigenvalue weighted by atomic mass is 16.4. The van der Waals surface area contributed by atoms with Crippen molar-refractivity contribution >= 4 is 11.9 Å². The van der Waals surface area contributed by atoms with Gasteiger partial charge in [-0.3, -0.25) is 4.79 Å². The van der Waals surface area contributed by atoms with Crippen LogP contribution in [0.5, 0.6) is 0 Å². The molecule has 0 spiro atoms. The number of benzene rings is 1. The number of hydrogen-bond donors (Lipinski definition) is 1. The van der Waals surface area contributed by atoms with E-state index in [9.17, 15) is 9.59 Å². The lowest BCUT2D eigenvalue weighted by molar-refractivity contribution is -0.148. The molecule has 0 fully saturated rings. The molecule has 116 valence electrons. The molecule has 1 unspecified atom stereocenters. The van der Waals surface area contributed by atoms with E-state index in [0.717, 1.165) is 5.56 Å². The van der Waals surface area contributed by atoms with Crippen LogP contribution in [0.15, 0.2) is 34.7 Å². The molecular weight excluding hydrogens is 286 g/mol. The summed E-state index contributed by atoms with van der Waals surface area (Å²) in [4.78, 5) is 23.9. The summed E-state index contributed by atoms with van der Waals surface area (Å²) in [5.74, 6) is -0.576. The van der Waals surface area contributed by atoms with Crippen LogP contribution in [0.2, 0.25) is 0 Å². The molecule has 1 aromatic carbocycles. The van der Waals surface area contributed by atoms with E-state index in [1.165, 1.54) is 18.9 Å². The van der Waals surface area contributed by atoms with Crippen LogP contribution in [0.1, 0.15) is 19.2 Å². The van der Waals surface area contributed by atoms with Crippen LogP contribution in [0.25, 0.3) is 11.5 Å². The highest BCUT2D eigenvalue weighted by Crippen LogP contribution is 2.17. The van der Waals surface area contributed by atoms with E-state index in [1.807, 2.05) is 30.3 Å². The lowest BCUT2D eigenvalue weighted by atomic mass is 10.2. The normalized spacial score (nSPS) is 11.9. The number of amides is 1. The van der Waals surface area contributed by atoms with Gasteiger partial charge in [0.05, 0.1) is 0 Å². The second kappa shape index (κ2) is 6.84. The third-order valence-electron chi connectivity index (χ3n) is 3.37. The predicted molar refractivity (Wildman–Crippen MR) is 77.9 cm³/mol. The van der Waals surface area contributed by atoms with Gasteiger partial charge in [-0.2, -0.15) is 0 Å². The van der Waals surface area contributed by atoms with Gasteiger partial charge in [0.15, 0.2) is 0 Å². The molecule has 2 rings (SSSR count). The third kappa shape index (κ3) is 3.69. The van der Waals surface area contributed by atoms with Crippen LogP contribution in [0, 0.1) is 0 Å². The minimum Gasteiger partial charge on any atom is -0.480 e. The lowest BCUT2D eigenvalue weighted by Crippen LogP contribution is -2.40. The number of likely N-dealkylation sites (N-methyl/N-ethyl adjacent to an activating group) is 1. The van der Waals surface area contributed by atoms with Gasteiger partial charge in [-0.05, 0) is 19.1 Å². The predicted octanol–water partition coefficient (Wildman–Crippen LogP) is 1.60. The molecule has 1 N–H and O–H groups in total. The zero-order valence-corrected chi connectivity index (χ0v) is 12.4. The average Bonchev–Trinajstić information content (AvgIpc) is 3.00. The van der Waals surface area contributed by atoms with Gasteiger partial charge in [-0.1, -0.05) is 18.2 Å². The van der Waals surface area contributed by atoms with E-state index in [0.29, 0.717) is 11.8 Å². The molecule has 7 heteroatoms. The lowest BCUT2D eigenvalue weighted by Gasteiger charge is -2.20. The smallest absolute Gasteiger partial charge is 0.326 e. The van der Waals surface area contributed by atoms with Gasteiger partial charge in [0.1, 0.15) is 6.04 Å². The van der Waals surface area contributed by atoms with E-state index in [4.69, 9.17) is 9.52 Å². The maximum Gasteiger partial charge on any atom is 0.326 e. The van der Waals surface area contributed by atoms with E-state index < -0.39 is 12.0 Å². The summed E-state index contributed by atoms with van der Waals surface area (Å²) in [5, 5.41) is 16.7. The topological polar surface area (TPSA) is 96.5 Å². The summed E-state index contributed by atoms with van der Waals surface area (Å²) in [6.45, 7) is 1.46. The fraction of sp³-hybridized carbons (Fsp3) is 0.333. The minimum atomic E-state index is -1.04. The zero-order chi connectivity index (χ0) is 16.1. The van der Waals surface area contributed by atoms with Gasteiger partial charge in [0, 0.05) is 25.5 Å². The Bertz CT molecular complexity index is 654. The number of rotatable bonds is 6. The summed E-state index contributed by atoms with van der Waals surface area (Å²) in [6, 6.07) is 8.46. The summed E-state index contributed by atoms with van der Waals surface area (Å²) in [7, 11) is 1.46. The van der Waals surface area contributed by atoms with Crippen LogP contribution in [0.4, 0.5) is 0 Å². The molecule has 0 bridgehead atoms. The second-order valence-corrected chi connectivity index (χ2v) is 4.89. The van der Waals surface area contributed by atoms with Crippen LogP contribution >= 0.6 is 0 Å². The maximum absolute atomic E-state index is 11.9. The van der Waals surface area contributed by atoms with Crippen LogP contribution in [-0.2, 0) is 16.0 Å². The number of aliphatic carboxylic acids is 1. The highest BCUT2D eigenvalue weighted by Gasteiger charge is 2.22. The number of nitrogens with zero attached hydrogens (tertiary/aromatic N) is 3. The summed E-state index contributed by atoms with van der Waals surface area (Å²) in [5.41, 5.74) is 0.809. The number of carbonyl (C=O) groups excluding carboxylic acids is 1. The van der Waals surface area contributed by atoms with Crippen LogP contribution in [0.3, 0.4) is 0 Å². The second-order valence-electron chi connectivity index (χ2n) is 4.89. The highest BCUT2D eigenvalue weighted by molar-refractivity contribution is 5.83. The molecule has 1 atom stereocenters. The summed E-state index contributed by atoms with van der Waals surface area (Å²) in [6.07, 6.45) is 0.389.